The van der Waals surface area contributed by atoms with Crippen LogP contribution in [0, 0.1) is 0 Å². The van der Waals surface area contributed by atoms with Crippen molar-refractivity contribution < 1.29 is 14.5 Å². The summed E-state index contributed by atoms with van der Waals surface area (Å²) in [6.07, 6.45) is 1.54. The van der Waals surface area contributed by atoms with E-state index in [0.717, 1.165) is 6.42 Å². The molecule has 1 aliphatic heterocycles. The summed E-state index contributed by atoms with van der Waals surface area (Å²) in [6.45, 7) is 0.638. The third kappa shape index (κ3) is 10.2. The van der Waals surface area contributed by atoms with Gasteiger partial charge in [0.05, 0.1) is 6.61 Å². The number of hydrogen-bond acceptors (Lipinski definition) is 2. The number of carbonyl (C=O) groups excluding carboxylic acids is 1. The first-order valence-electron chi connectivity index (χ1n) is 2.56. The van der Waals surface area contributed by atoms with Crippen molar-refractivity contribution in [3.05, 3.63) is 0 Å². The fourth-order valence-electron chi connectivity index (χ4n) is 0.475. The molecule has 0 aromatic carbocycles. The third-order valence-corrected chi connectivity index (χ3v) is 0.788. The van der Waals surface area contributed by atoms with Crippen LogP contribution in [0.2, 0.25) is 0 Å². The Labute approximate surface area is 97.9 Å². The van der Waals surface area contributed by atoms with Gasteiger partial charge in [-0.15, -0.1) is 0 Å². The van der Waals surface area contributed by atoms with Crippen molar-refractivity contribution in [3.8, 4) is 0 Å². The Kier molecular flexibility index (Phi) is 9.64. The maximum atomic E-state index is 10.0. The first-order chi connectivity index (χ1) is 4.63. The molecule has 1 saturated heterocycles. The van der Waals surface area contributed by atoms with E-state index in [9.17, 15) is 4.79 Å². The average molecular weight is 518 g/mol. The van der Waals surface area contributed by atoms with E-state index in [1.165, 1.54) is 0 Å². The van der Waals surface area contributed by atoms with Gasteiger partial charge in [-0.3, -0.25) is 4.79 Å². The fourth-order valence-corrected chi connectivity index (χ4v) is 0.475. The van der Waals surface area contributed by atoms with E-state index in [0.29, 0.717) is 13.0 Å². The van der Waals surface area contributed by atoms with E-state index in [-0.39, 0.29) is 10.9 Å². The second-order valence-electron chi connectivity index (χ2n) is 1.52. The Morgan fingerprint density at radius 3 is 2.00 bits per heavy atom. The molecule has 1 rings (SSSR count). The Morgan fingerprint density at radius 1 is 1.40 bits per heavy atom. The van der Waals surface area contributed by atoms with Crippen molar-refractivity contribution in [1.82, 2.24) is 0 Å². The van der Waals surface area contributed by atoms with Crippen LogP contribution in [0.1, 0.15) is 12.8 Å². The second-order valence-corrected chi connectivity index (χ2v) is 36.9. The molecule has 0 amide bonds. The number of esters is 1. The number of cyclic esters (lactones) is 1. The number of hydrogen-bond donors (Lipinski definition) is 0. The molecule has 0 bridgehead atoms. The molecular formula is C4H6I3O2V. The molecule has 0 radical (unpaired) electrons. The van der Waals surface area contributed by atoms with Gasteiger partial charge in [-0.25, -0.2) is 0 Å². The van der Waals surface area contributed by atoms with Gasteiger partial charge in [0.2, 0.25) is 0 Å². The molecule has 1 aliphatic rings. The van der Waals surface area contributed by atoms with Gasteiger partial charge in [0.15, 0.2) is 0 Å². The molecule has 1 fully saturated rings. The summed E-state index contributed by atoms with van der Waals surface area (Å²) in [6, 6.07) is 0. The van der Waals surface area contributed by atoms with Crippen LogP contribution in [-0.2, 0) is 14.5 Å². The Morgan fingerprint density at radius 2 is 1.90 bits per heavy atom. The Hall–Kier alpha value is 2.24. The normalized spacial score (nSPS) is 16.2. The van der Waals surface area contributed by atoms with Crippen molar-refractivity contribution in [1.29, 1.82) is 0 Å². The monoisotopic (exact) mass is 518 g/mol. The van der Waals surface area contributed by atoms with Gasteiger partial charge in [-0.2, -0.15) is 0 Å². The van der Waals surface area contributed by atoms with Crippen LogP contribution in [0.3, 0.4) is 0 Å². The van der Waals surface area contributed by atoms with Crippen molar-refractivity contribution in [3.63, 3.8) is 0 Å². The summed E-state index contributed by atoms with van der Waals surface area (Å²) in [7, 11) is 0. The second kappa shape index (κ2) is 7.87. The average Bonchev–Trinajstić information content (AvgIpc) is 2.15. The van der Waals surface area contributed by atoms with E-state index in [1.54, 1.807) is 0 Å². The molecular weight excluding hydrogens is 512 g/mol. The SMILES string of the molecule is O=C1CCCO1.[I][V]([I])[I]. The van der Waals surface area contributed by atoms with Crippen molar-refractivity contribution >= 4 is 65.9 Å². The van der Waals surface area contributed by atoms with Gasteiger partial charge in [0.1, 0.15) is 0 Å². The zero-order chi connectivity index (χ0) is 7.98. The van der Waals surface area contributed by atoms with Gasteiger partial charge in [0, 0.05) is 6.42 Å². The molecule has 0 spiro atoms. The predicted octanol–water partition coefficient (Wildman–Crippen LogP) is 2.98. The van der Waals surface area contributed by atoms with Gasteiger partial charge in [-0.05, 0) is 6.42 Å². The zero-order valence-corrected chi connectivity index (χ0v) is 12.9. The summed E-state index contributed by atoms with van der Waals surface area (Å²) in [5, 5.41) is 0. The number of ether oxygens (including phenoxy) is 1. The molecule has 60 valence electrons. The molecule has 2 nitrogen and oxygen atoms in total. The maximum absolute atomic E-state index is 10.0. The summed E-state index contributed by atoms with van der Waals surface area (Å²) in [5.74, 6) is -0.0463. The number of carbonyl (C=O) groups is 1. The van der Waals surface area contributed by atoms with Crippen LogP contribution in [0.15, 0.2) is 0 Å². The van der Waals surface area contributed by atoms with Gasteiger partial charge >= 0.3 is 70.8 Å². The fraction of sp³-hybridized carbons (Fsp3) is 0.750. The minimum absolute atomic E-state index is 0.0463. The number of halogens is 3. The van der Waals surface area contributed by atoms with Crippen molar-refractivity contribution in [2.45, 2.75) is 12.8 Å². The molecule has 10 heavy (non-hydrogen) atoms. The van der Waals surface area contributed by atoms with Gasteiger partial charge in [-0.1, -0.05) is 0 Å². The van der Waals surface area contributed by atoms with E-state index in [2.05, 4.69) is 64.7 Å². The topological polar surface area (TPSA) is 26.3 Å². The molecule has 0 atom stereocenters. The first kappa shape index (κ1) is 12.2. The molecule has 0 aromatic rings. The van der Waals surface area contributed by atoms with Crippen LogP contribution in [0.25, 0.3) is 0 Å². The quantitative estimate of drug-likeness (QED) is 0.365. The van der Waals surface area contributed by atoms with Crippen LogP contribution in [0.5, 0.6) is 0 Å². The van der Waals surface area contributed by atoms with E-state index >= 15 is 0 Å². The number of rotatable bonds is 0. The molecule has 0 N–H and O–H groups in total. The molecule has 1 heterocycles. The van der Waals surface area contributed by atoms with Crippen molar-refractivity contribution in [2.24, 2.45) is 0 Å². The van der Waals surface area contributed by atoms with E-state index < -0.39 is 0 Å². The van der Waals surface area contributed by atoms with Gasteiger partial charge in [0.25, 0.3) is 0 Å². The van der Waals surface area contributed by atoms with Gasteiger partial charge < -0.3 is 4.74 Å². The minimum atomic E-state index is -0.278. The molecule has 0 saturated carbocycles. The Bertz CT molecular complexity index is 97.9. The summed E-state index contributed by atoms with van der Waals surface area (Å²) >= 11 is 7.39. The standard InChI is InChI=1S/C4H6O2.3HI.V/c5-4-2-1-3-6-4;;;;/h1-3H2;3*1H;/q;;;;+3/p-3. The van der Waals surface area contributed by atoms with Crippen LogP contribution >= 0.6 is 59.9 Å². The first-order valence-corrected chi connectivity index (χ1v) is 16.1. The summed E-state index contributed by atoms with van der Waals surface area (Å²) in [4.78, 5) is 9.74. The molecule has 6 heteroatoms. The molecule has 0 aromatic heterocycles. The van der Waals surface area contributed by atoms with Crippen molar-refractivity contribution in [2.75, 3.05) is 6.61 Å². The predicted molar refractivity (Wildman–Crippen MR) is 62.3 cm³/mol. The van der Waals surface area contributed by atoms with E-state index in [1.807, 2.05) is 0 Å². The third-order valence-electron chi connectivity index (χ3n) is 0.788. The summed E-state index contributed by atoms with van der Waals surface area (Å²) < 4.78 is 4.51. The molecule has 0 unspecified atom stereocenters. The van der Waals surface area contributed by atoms with Crippen LogP contribution in [-0.4, -0.2) is 12.6 Å². The zero-order valence-electron chi connectivity index (χ0n) is 5.02. The molecule has 0 aliphatic carbocycles. The van der Waals surface area contributed by atoms with E-state index in [4.69, 9.17) is 0 Å². The summed E-state index contributed by atoms with van der Waals surface area (Å²) in [5.41, 5.74) is 0. The Balaban J connectivity index is 0.000000180. The van der Waals surface area contributed by atoms with Crippen LogP contribution < -0.4 is 0 Å². The van der Waals surface area contributed by atoms with Crippen LogP contribution in [0.4, 0.5) is 0 Å².